The standard InChI is InChI=1S/C21H17BrClNO5/c1-2-12-7-18-16(9-17(12)23)14(8-19(25)29-18)11-28-20(26)10-24-21(27)13-4-3-5-15(22)6-13/h3-9H,2,10-11H2,1H3,(H,24,27). The number of nitrogens with one attached hydrogen (secondary N) is 1. The Morgan fingerprint density at radius 3 is 2.69 bits per heavy atom. The van der Waals surface area contributed by atoms with Crippen molar-refractivity contribution >= 4 is 50.4 Å². The van der Waals surface area contributed by atoms with Crippen molar-refractivity contribution in [1.29, 1.82) is 0 Å². The number of hydrogen-bond donors (Lipinski definition) is 1. The number of rotatable bonds is 6. The van der Waals surface area contributed by atoms with Gasteiger partial charge in [0, 0.05) is 32.1 Å². The molecule has 29 heavy (non-hydrogen) atoms. The smallest absolute Gasteiger partial charge is 0.336 e. The van der Waals surface area contributed by atoms with Gasteiger partial charge in [0.2, 0.25) is 0 Å². The molecule has 1 amide bonds. The average molecular weight is 479 g/mol. The molecule has 2 aromatic carbocycles. The van der Waals surface area contributed by atoms with E-state index in [1.165, 1.54) is 6.07 Å². The largest absolute Gasteiger partial charge is 0.459 e. The molecule has 0 fully saturated rings. The molecule has 3 rings (SSSR count). The van der Waals surface area contributed by atoms with Crippen LogP contribution in [0.5, 0.6) is 0 Å². The minimum atomic E-state index is -0.633. The Bertz CT molecular complexity index is 1140. The van der Waals surface area contributed by atoms with Gasteiger partial charge >= 0.3 is 11.6 Å². The highest BCUT2D eigenvalue weighted by Crippen LogP contribution is 2.26. The van der Waals surface area contributed by atoms with Crippen molar-refractivity contribution in [2.75, 3.05) is 6.54 Å². The third-order valence-electron chi connectivity index (χ3n) is 4.25. The van der Waals surface area contributed by atoms with Crippen molar-refractivity contribution in [3.8, 4) is 0 Å². The second kappa shape index (κ2) is 9.24. The Kier molecular flexibility index (Phi) is 6.71. The number of amides is 1. The summed E-state index contributed by atoms with van der Waals surface area (Å²) in [6.45, 7) is 1.50. The number of hydrogen-bond acceptors (Lipinski definition) is 5. The van der Waals surface area contributed by atoms with Crippen molar-refractivity contribution < 1.29 is 18.7 Å². The van der Waals surface area contributed by atoms with Gasteiger partial charge in [0.05, 0.1) is 0 Å². The minimum absolute atomic E-state index is 0.143. The van der Waals surface area contributed by atoms with Crippen LogP contribution in [-0.4, -0.2) is 18.4 Å². The van der Waals surface area contributed by atoms with Crippen LogP contribution in [-0.2, 0) is 22.6 Å². The summed E-state index contributed by atoms with van der Waals surface area (Å²) in [5, 5.41) is 3.64. The molecule has 0 aliphatic heterocycles. The van der Waals surface area contributed by atoms with Crippen LogP contribution in [0.2, 0.25) is 5.02 Å². The number of esters is 1. The van der Waals surface area contributed by atoms with Crippen molar-refractivity contribution in [2.24, 2.45) is 0 Å². The predicted molar refractivity (Wildman–Crippen MR) is 113 cm³/mol. The first-order valence-electron chi connectivity index (χ1n) is 8.82. The topological polar surface area (TPSA) is 85.6 Å². The summed E-state index contributed by atoms with van der Waals surface area (Å²) in [6.07, 6.45) is 0.690. The summed E-state index contributed by atoms with van der Waals surface area (Å²) in [4.78, 5) is 36.0. The van der Waals surface area contributed by atoms with E-state index in [4.69, 9.17) is 20.8 Å². The van der Waals surface area contributed by atoms with Crippen LogP contribution in [0.25, 0.3) is 11.0 Å². The summed E-state index contributed by atoms with van der Waals surface area (Å²) >= 11 is 9.54. The zero-order valence-electron chi connectivity index (χ0n) is 15.5. The Morgan fingerprint density at radius 2 is 1.97 bits per heavy atom. The molecule has 0 aliphatic rings. The summed E-state index contributed by atoms with van der Waals surface area (Å²) in [5.41, 5.74) is 1.59. The highest BCUT2D eigenvalue weighted by molar-refractivity contribution is 9.10. The van der Waals surface area contributed by atoms with E-state index >= 15 is 0 Å². The summed E-state index contributed by atoms with van der Waals surface area (Å²) in [5.74, 6) is -1.03. The zero-order valence-corrected chi connectivity index (χ0v) is 17.8. The Hall–Kier alpha value is -2.64. The van der Waals surface area contributed by atoms with Gasteiger partial charge in [-0.3, -0.25) is 9.59 Å². The first kappa shape index (κ1) is 21.1. The van der Waals surface area contributed by atoms with Gasteiger partial charge in [0.25, 0.3) is 5.91 Å². The molecule has 0 atom stereocenters. The molecule has 6 nitrogen and oxygen atoms in total. The van der Waals surface area contributed by atoms with E-state index in [1.54, 1.807) is 36.4 Å². The quantitative estimate of drug-likeness (QED) is 0.423. The third kappa shape index (κ3) is 5.25. The molecule has 1 aromatic heterocycles. The second-order valence-electron chi connectivity index (χ2n) is 6.24. The van der Waals surface area contributed by atoms with Crippen LogP contribution in [0.1, 0.15) is 28.4 Å². The van der Waals surface area contributed by atoms with Gasteiger partial charge in [0.1, 0.15) is 18.7 Å². The van der Waals surface area contributed by atoms with Gasteiger partial charge in [0.15, 0.2) is 0 Å². The summed E-state index contributed by atoms with van der Waals surface area (Å²) in [6, 6.07) is 11.5. The fraction of sp³-hybridized carbons (Fsp3) is 0.190. The molecule has 150 valence electrons. The molecule has 8 heteroatoms. The first-order valence-corrected chi connectivity index (χ1v) is 9.99. The molecule has 3 aromatic rings. The molecular weight excluding hydrogens is 462 g/mol. The van der Waals surface area contributed by atoms with E-state index in [0.29, 0.717) is 33.5 Å². The number of carbonyl (C=O) groups is 2. The SMILES string of the molecule is CCc1cc2oc(=O)cc(COC(=O)CNC(=O)c3cccc(Br)c3)c2cc1Cl. The molecule has 0 aliphatic carbocycles. The Labute approximate surface area is 179 Å². The van der Waals surface area contributed by atoms with Crippen molar-refractivity contribution in [3.63, 3.8) is 0 Å². The van der Waals surface area contributed by atoms with Gasteiger partial charge in [-0.25, -0.2) is 4.79 Å². The fourth-order valence-corrected chi connectivity index (χ4v) is 3.47. The predicted octanol–water partition coefficient (Wildman–Crippen LogP) is 4.24. The first-order chi connectivity index (χ1) is 13.9. The third-order valence-corrected chi connectivity index (χ3v) is 5.09. The number of ether oxygens (including phenoxy) is 1. The monoisotopic (exact) mass is 477 g/mol. The molecule has 0 bridgehead atoms. The Morgan fingerprint density at radius 1 is 1.17 bits per heavy atom. The molecule has 1 heterocycles. The van der Waals surface area contributed by atoms with Crippen molar-refractivity contribution in [2.45, 2.75) is 20.0 Å². The number of halogens is 2. The normalized spacial score (nSPS) is 10.7. The van der Waals surface area contributed by atoms with Gasteiger partial charge in [-0.05, 0) is 42.3 Å². The lowest BCUT2D eigenvalue weighted by Gasteiger charge is -2.10. The Balaban J connectivity index is 1.67. The van der Waals surface area contributed by atoms with Crippen LogP contribution in [0.3, 0.4) is 0 Å². The number of carbonyl (C=O) groups excluding carboxylic acids is 2. The fourth-order valence-electron chi connectivity index (χ4n) is 2.77. The molecule has 0 radical (unpaired) electrons. The van der Waals surface area contributed by atoms with Gasteiger partial charge in [-0.1, -0.05) is 40.5 Å². The highest BCUT2D eigenvalue weighted by atomic mass is 79.9. The molecular formula is C21H17BrClNO5. The molecule has 0 saturated carbocycles. The maximum atomic E-state index is 12.1. The van der Waals surface area contributed by atoms with Crippen LogP contribution in [0, 0.1) is 0 Å². The van der Waals surface area contributed by atoms with E-state index in [9.17, 15) is 14.4 Å². The summed E-state index contributed by atoms with van der Waals surface area (Å²) < 4.78 is 11.2. The van der Waals surface area contributed by atoms with Gasteiger partial charge in [-0.15, -0.1) is 0 Å². The maximum Gasteiger partial charge on any atom is 0.336 e. The summed E-state index contributed by atoms with van der Waals surface area (Å²) in [7, 11) is 0. The molecule has 0 spiro atoms. The minimum Gasteiger partial charge on any atom is -0.459 e. The van der Waals surface area contributed by atoms with E-state index < -0.39 is 17.5 Å². The van der Waals surface area contributed by atoms with Crippen molar-refractivity contribution in [1.82, 2.24) is 5.32 Å². The maximum absolute atomic E-state index is 12.1. The molecule has 0 unspecified atom stereocenters. The zero-order chi connectivity index (χ0) is 21.0. The van der Waals surface area contributed by atoms with E-state index in [-0.39, 0.29) is 13.2 Å². The second-order valence-corrected chi connectivity index (χ2v) is 7.56. The highest BCUT2D eigenvalue weighted by Gasteiger charge is 2.13. The van der Waals surface area contributed by atoms with Gasteiger partial charge in [-0.2, -0.15) is 0 Å². The molecule has 1 N–H and O–H groups in total. The van der Waals surface area contributed by atoms with E-state index in [0.717, 1.165) is 10.0 Å². The van der Waals surface area contributed by atoms with E-state index in [1.807, 2.05) is 6.92 Å². The average Bonchev–Trinajstić information content (AvgIpc) is 2.70. The van der Waals surface area contributed by atoms with Crippen LogP contribution >= 0.6 is 27.5 Å². The van der Waals surface area contributed by atoms with Gasteiger partial charge < -0.3 is 14.5 Å². The van der Waals surface area contributed by atoms with Crippen LogP contribution in [0.15, 0.2) is 56.1 Å². The number of aryl methyl sites for hydroxylation is 1. The molecule has 0 saturated heterocycles. The lowest BCUT2D eigenvalue weighted by Crippen LogP contribution is -2.30. The van der Waals surface area contributed by atoms with Crippen molar-refractivity contribution in [3.05, 3.63) is 79.1 Å². The lowest BCUT2D eigenvalue weighted by molar-refractivity contribution is -0.143. The lowest BCUT2D eigenvalue weighted by atomic mass is 10.1. The number of fused-ring (bicyclic) bond motifs is 1. The number of benzene rings is 2. The van der Waals surface area contributed by atoms with E-state index in [2.05, 4.69) is 21.2 Å². The van der Waals surface area contributed by atoms with Crippen LogP contribution in [0.4, 0.5) is 0 Å². The van der Waals surface area contributed by atoms with Crippen LogP contribution < -0.4 is 10.9 Å².